The molecule has 1 aromatic heterocycles. The second kappa shape index (κ2) is 10.1. The molecule has 3 aromatic rings. The summed E-state index contributed by atoms with van der Waals surface area (Å²) in [5, 5.41) is 0. The third-order valence-corrected chi connectivity index (χ3v) is 8.44. The van der Waals surface area contributed by atoms with Gasteiger partial charge in [-0.05, 0) is 56.2 Å². The number of fused-ring (bicyclic) bond motifs is 1. The molecule has 1 fully saturated rings. The van der Waals surface area contributed by atoms with Crippen molar-refractivity contribution in [3.63, 3.8) is 0 Å². The van der Waals surface area contributed by atoms with E-state index < -0.39 is 21.9 Å². The van der Waals surface area contributed by atoms with E-state index in [2.05, 4.69) is 4.99 Å². The van der Waals surface area contributed by atoms with Crippen molar-refractivity contribution in [1.82, 2.24) is 8.87 Å². The SMILES string of the molecule is CCOc1cccc2sc(=NC(=O)c3ccc(S(=O)(=O)N4CCCC4)cc3)n(CC(=O)OC)c12. The largest absolute Gasteiger partial charge is 0.492 e. The maximum atomic E-state index is 12.9. The molecular weight excluding hydrogens is 478 g/mol. The summed E-state index contributed by atoms with van der Waals surface area (Å²) < 4.78 is 39.8. The highest BCUT2D eigenvalue weighted by Crippen LogP contribution is 2.28. The molecular formula is C23H25N3O6S2. The Bertz CT molecular complexity index is 1380. The molecule has 2 heterocycles. The number of rotatable bonds is 7. The van der Waals surface area contributed by atoms with Crippen molar-refractivity contribution in [1.29, 1.82) is 0 Å². The molecule has 0 N–H and O–H groups in total. The van der Waals surface area contributed by atoms with Gasteiger partial charge in [0.1, 0.15) is 17.8 Å². The Kier molecular flexibility index (Phi) is 7.15. The van der Waals surface area contributed by atoms with Gasteiger partial charge < -0.3 is 14.0 Å². The average Bonchev–Trinajstić information content (AvgIpc) is 3.49. The van der Waals surface area contributed by atoms with Crippen LogP contribution in [0.1, 0.15) is 30.1 Å². The Morgan fingerprint density at radius 1 is 1.09 bits per heavy atom. The van der Waals surface area contributed by atoms with Crippen LogP contribution in [0, 0.1) is 0 Å². The lowest BCUT2D eigenvalue weighted by Crippen LogP contribution is -2.27. The van der Waals surface area contributed by atoms with Crippen LogP contribution in [-0.4, -0.2) is 56.0 Å². The molecule has 4 rings (SSSR count). The van der Waals surface area contributed by atoms with Crippen molar-refractivity contribution < 1.29 is 27.5 Å². The number of hydrogen-bond donors (Lipinski definition) is 0. The zero-order valence-corrected chi connectivity index (χ0v) is 20.5. The number of ether oxygens (including phenoxy) is 2. The molecule has 0 spiro atoms. The Hall–Kier alpha value is -3.02. The molecule has 1 amide bonds. The summed E-state index contributed by atoms with van der Waals surface area (Å²) >= 11 is 1.25. The number of amides is 1. The third kappa shape index (κ3) is 4.77. The van der Waals surface area contributed by atoms with Crippen LogP contribution >= 0.6 is 11.3 Å². The lowest BCUT2D eigenvalue weighted by Gasteiger charge is -2.15. The monoisotopic (exact) mass is 503 g/mol. The Labute approximate surface area is 201 Å². The first-order chi connectivity index (χ1) is 16.3. The van der Waals surface area contributed by atoms with Gasteiger partial charge in [-0.1, -0.05) is 17.4 Å². The van der Waals surface area contributed by atoms with Gasteiger partial charge in [0.15, 0.2) is 4.80 Å². The number of benzene rings is 2. The number of carbonyl (C=O) groups is 2. The van der Waals surface area contributed by atoms with E-state index in [0.29, 0.717) is 35.8 Å². The highest BCUT2D eigenvalue weighted by molar-refractivity contribution is 7.89. The predicted octanol–water partition coefficient (Wildman–Crippen LogP) is 2.80. The van der Waals surface area contributed by atoms with E-state index in [1.54, 1.807) is 10.6 Å². The van der Waals surface area contributed by atoms with Crippen molar-refractivity contribution in [3.05, 3.63) is 52.8 Å². The third-order valence-electron chi connectivity index (χ3n) is 5.48. The van der Waals surface area contributed by atoms with Gasteiger partial charge in [-0.15, -0.1) is 0 Å². The van der Waals surface area contributed by atoms with Gasteiger partial charge in [0.25, 0.3) is 5.91 Å². The van der Waals surface area contributed by atoms with E-state index in [9.17, 15) is 18.0 Å². The minimum absolute atomic E-state index is 0.139. The first kappa shape index (κ1) is 24.1. The minimum atomic E-state index is -3.57. The quantitative estimate of drug-likeness (QED) is 0.459. The first-order valence-corrected chi connectivity index (χ1v) is 13.1. The normalized spacial score (nSPS) is 15.1. The van der Waals surface area contributed by atoms with E-state index in [-0.39, 0.29) is 17.0 Å². The first-order valence-electron chi connectivity index (χ1n) is 10.9. The minimum Gasteiger partial charge on any atom is -0.492 e. The molecule has 0 bridgehead atoms. The molecule has 1 aliphatic heterocycles. The summed E-state index contributed by atoms with van der Waals surface area (Å²) in [6, 6.07) is 11.2. The molecule has 0 radical (unpaired) electrons. The molecule has 0 unspecified atom stereocenters. The second-order valence-electron chi connectivity index (χ2n) is 7.64. The molecule has 34 heavy (non-hydrogen) atoms. The van der Waals surface area contributed by atoms with Crippen LogP contribution < -0.4 is 9.54 Å². The number of carbonyl (C=O) groups excluding carboxylic acids is 2. The van der Waals surface area contributed by atoms with Crippen molar-refractivity contribution in [2.75, 3.05) is 26.8 Å². The van der Waals surface area contributed by atoms with Crippen LogP contribution in [0.4, 0.5) is 0 Å². The number of methoxy groups -OCH3 is 1. The zero-order chi connectivity index (χ0) is 24.3. The summed E-state index contributed by atoms with van der Waals surface area (Å²) in [6.07, 6.45) is 1.70. The summed E-state index contributed by atoms with van der Waals surface area (Å²) in [6.45, 7) is 3.17. The topological polar surface area (TPSA) is 107 Å². The van der Waals surface area contributed by atoms with Crippen molar-refractivity contribution in [2.45, 2.75) is 31.2 Å². The van der Waals surface area contributed by atoms with Gasteiger partial charge in [0.05, 0.1) is 23.3 Å². The van der Waals surface area contributed by atoms with E-state index >= 15 is 0 Å². The van der Waals surface area contributed by atoms with Gasteiger partial charge >= 0.3 is 5.97 Å². The molecule has 0 atom stereocenters. The lowest BCUT2D eigenvalue weighted by atomic mass is 10.2. The van der Waals surface area contributed by atoms with E-state index in [1.807, 2.05) is 19.1 Å². The molecule has 1 saturated heterocycles. The van der Waals surface area contributed by atoms with Crippen LogP contribution in [0.2, 0.25) is 0 Å². The fourth-order valence-electron chi connectivity index (χ4n) is 3.79. The molecule has 1 aliphatic rings. The Balaban J connectivity index is 1.72. The lowest BCUT2D eigenvalue weighted by molar-refractivity contribution is -0.141. The molecule has 9 nitrogen and oxygen atoms in total. The van der Waals surface area contributed by atoms with Crippen LogP contribution in [-0.2, 0) is 26.1 Å². The number of sulfonamides is 1. The molecule has 180 valence electrons. The number of nitrogens with zero attached hydrogens (tertiary/aromatic N) is 3. The van der Waals surface area contributed by atoms with E-state index in [4.69, 9.17) is 9.47 Å². The van der Waals surface area contributed by atoms with E-state index in [0.717, 1.165) is 17.5 Å². The van der Waals surface area contributed by atoms with Crippen LogP contribution in [0.5, 0.6) is 5.75 Å². The van der Waals surface area contributed by atoms with Crippen LogP contribution in [0.3, 0.4) is 0 Å². The zero-order valence-electron chi connectivity index (χ0n) is 18.9. The highest BCUT2D eigenvalue weighted by atomic mass is 32.2. The number of para-hydroxylation sites is 1. The number of hydrogen-bond acceptors (Lipinski definition) is 7. The fraction of sp³-hybridized carbons (Fsp3) is 0.348. The molecule has 0 saturated carbocycles. The molecule has 11 heteroatoms. The van der Waals surface area contributed by atoms with Gasteiger partial charge in [0, 0.05) is 18.7 Å². The number of thiazole rings is 1. The van der Waals surface area contributed by atoms with Gasteiger partial charge in [0.2, 0.25) is 10.0 Å². The summed E-state index contributed by atoms with van der Waals surface area (Å²) in [7, 11) is -2.27. The van der Waals surface area contributed by atoms with Crippen LogP contribution in [0.25, 0.3) is 10.2 Å². The van der Waals surface area contributed by atoms with Crippen LogP contribution in [0.15, 0.2) is 52.4 Å². The standard InChI is InChI=1S/C23H25N3O6S2/c1-3-32-18-7-6-8-19-21(18)26(15-20(27)31-2)23(33-19)24-22(28)16-9-11-17(12-10-16)34(29,30)25-13-4-5-14-25/h6-12H,3-5,13-15H2,1-2H3. The van der Waals surface area contributed by atoms with Gasteiger partial charge in [-0.3, -0.25) is 9.59 Å². The Morgan fingerprint density at radius 3 is 2.44 bits per heavy atom. The van der Waals surface area contributed by atoms with E-state index in [1.165, 1.54) is 47.0 Å². The molecule has 2 aromatic carbocycles. The predicted molar refractivity (Wildman–Crippen MR) is 127 cm³/mol. The number of esters is 1. The van der Waals surface area contributed by atoms with Crippen molar-refractivity contribution in [3.8, 4) is 5.75 Å². The van der Waals surface area contributed by atoms with Crippen molar-refractivity contribution in [2.24, 2.45) is 4.99 Å². The molecule has 0 aliphatic carbocycles. The average molecular weight is 504 g/mol. The fourth-order valence-corrected chi connectivity index (χ4v) is 6.36. The second-order valence-corrected chi connectivity index (χ2v) is 10.6. The maximum absolute atomic E-state index is 12.9. The number of aromatic nitrogens is 1. The smallest absolute Gasteiger partial charge is 0.325 e. The van der Waals surface area contributed by atoms with Gasteiger partial charge in [-0.2, -0.15) is 9.30 Å². The van der Waals surface area contributed by atoms with Crippen molar-refractivity contribution >= 4 is 43.5 Å². The van der Waals surface area contributed by atoms with Gasteiger partial charge in [-0.25, -0.2) is 8.42 Å². The summed E-state index contributed by atoms with van der Waals surface area (Å²) in [5.41, 5.74) is 0.894. The highest BCUT2D eigenvalue weighted by Gasteiger charge is 2.27. The maximum Gasteiger partial charge on any atom is 0.325 e. The summed E-state index contributed by atoms with van der Waals surface area (Å²) in [5.74, 6) is -0.463. The Morgan fingerprint density at radius 2 is 1.79 bits per heavy atom. The summed E-state index contributed by atoms with van der Waals surface area (Å²) in [4.78, 5) is 29.7.